The standard InChI is InChI=1S/C11H10Cl2N2/c1-6-11(15-7(2)14-6)9-4-3-8(12)5-10(9)13/h3-5H,1-2H3,(H,14,15). The number of rotatable bonds is 1. The Bertz CT molecular complexity index is 503. The first-order valence-corrected chi connectivity index (χ1v) is 5.32. The Balaban J connectivity index is 2.59. The molecule has 0 radical (unpaired) electrons. The Morgan fingerprint density at radius 1 is 1.20 bits per heavy atom. The van der Waals surface area contributed by atoms with Crippen LogP contribution in [-0.4, -0.2) is 9.97 Å². The van der Waals surface area contributed by atoms with E-state index in [1.165, 1.54) is 0 Å². The lowest BCUT2D eigenvalue weighted by atomic mass is 10.1. The molecule has 0 aliphatic rings. The highest BCUT2D eigenvalue weighted by Crippen LogP contribution is 2.30. The fourth-order valence-corrected chi connectivity index (χ4v) is 2.05. The topological polar surface area (TPSA) is 28.7 Å². The lowest BCUT2D eigenvalue weighted by Crippen LogP contribution is -1.83. The summed E-state index contributed by atoms with van der Waals surface area (Å²) in [6.45, 7) is 3.89. The Hall–Kier alpha value is -0.990. The van der Waals surface area contributed by atoms with Crippen LogP contribution in [0.2, 0.25) is 10.0 Å². The summed E-state index contributed by atoms with van der Waals surface area (Å²) in [7, 11) is 0. The van der Waals surface area contributed by atoms with Gasteiger partial charge in [0.05, 0.1) is 10.7 Å². The molecule has 0 bridgehead atoms. The number of imidazole rings is 1. The van der Waals surface area contributed by atoms with Crippen LogP contribution >= 0.6 is 23.2 Å². The van der Waals surface area contributed by atoms with Gasteiger partial charge in [-0.3, -0.25) is 0 Å². The van der Waals surface area contributed by atoms with Crippen LogP contribution in [0.4, 0.5) is 0 Å². The minimum absolute atomic E-state index is 0.622. The first kappa shape index (κ1) is 10.5. The number of H-pyrrole nitrogens is 1. The van der Waals surface area contributed by atoms with Crippen molar-refractivity contribution in [2.24, 2.45) is 0 Å². The highest BCUT2D eigenvalue weighted by molar-refractivity contribution is 6.36. The smallest absolute Gasteiger partial charge is 0.103 e. The summed E-state index contributed by atoms with van der Waals surface area (Å²) >= 11 is 11.9. The summed E-state index contributed by atoms with van der Waals surface area (Å²) in [5.74, 6) is 0.883. The highest BCUT2D eigenvalue weighted by Gasteiger charge is 2.10. The van der Waals surface area contributed by atoms with Crippen LogP contribution < -0.4 is 0 Å². The van der Waals surface area contributed by atoms with Gasteiger partial charge in [-0.05, 0) is 32.0 Å². The van der Waals surface area contributed by atoms with E-state index in [4.69, 9.17) is 23.2 Å². The normalized spacial score (nSPS) is 10.7. The van der Waals surface area contributed by atoms with Crippen molar-refractivity contribution in [3.8, 4) is 11.3 Å². The molecule has 15 heavy (non-hydrogen) atoms. The van der Waals surface area contributed by atoms with E-state index >= 15 is 0 Å². The number of aromatic amines is 1. The lowest BCUT2D eigenvalue weighted by Gasteiger charge is -2.02. The minimum atomic E-state index is 0.622. The number of nitrogens with one attached hydrogen (secondary N) is 1. The second-order valence-electron chi connectivity index (χ2n) is 3.42. The third-order valence-corrected chi connectivity index (χ3v) is 2.74. The second kappa shape index (κ2) is 3.87. The highest BCUT2D eigenvalue weighted by atomic mass is 35.5. The van der Waals surface area contributed by atoms with E-state index in [9.17, 15) is 0 Å². The molecule has 0 saturated heterocycles. The molecule has 0 fully saturated rings. The van der Waals surface area contributed by atoms with Crippen molar-refractivity contribution in [1.82, 2.24) is 9.97 Å². The molecule has 2 aromatic rings. The molecule has 0 saturated carbocycles. The Morgan fingerprint density at radius 2 is 1.93 bits per heavy atom. The van der Waals surface area contributed by atoms with Gasteiger partial charge >= 0.3 is 0 Å². The van der Waals surface area contributed by atoms with E-state index in [0.29, 0.717) is 10.0 Å². The maximum Gasteiger partial charge on any atom is 0.103 e. The van der Waals surface area contributed by atoms with Crippen molar-refractivity contribution in [3.63, 3.8) is 0 Å². The number of nitrogens with zero attached hydrogens (tertiary/aromatic N) is 1. The molecule has 1 aromatic heterocycles. The number of halogens is 2. The molecular formula is C11H10Cl2N2. The molecule has 0 amide bonds. The third kappa shape index (κ3) is 2.01. The molecule has 0 spiro atoms. The summed E-state index contributed by atoms with van der Waals surface area (Å²) in [5, 5.41) is 1.26. The van der Waals surface area contributed by atoms with E-state index in [1.54, 1.807) is 6.07 Å². The van der Waals surface area contributed by atoms with Crippen LogP contribution in [0.3, 0.4) is 0 Å². The van der Waals surface area contributed by atoms with Gasteiger partial charge in [0.1, 0.15) is 5.82 Å². The molecule has 1 heterocycles. The van der Waals surface area contributed by atoms with Gasteiger partial charge in [0.25, 0.3) is 0 Å². The summed E-state index contributed by atoms with van der Waals surface area (Å²) < 4.78 is 0. The van der Waals surface area contributed by atoms with Gasteiger partial charge in [-0.2, -0.15) is 0 Å². The number of aryl methyl sites for hydroxylation is 2. The van der Waals surface area contributed by atoms with E-state index in [2.05, 4.69) is 9.97 Å². The van der Waals surface area contributed by atoms with Gasteiger partial charge in [-0.25, -0.2) is 4.98 Å². The number of benzene rings is 1. The Morgan fingerprint density at radius 3 is 2.47 bits per heavy atom. The predicted molar refractivity (Wildman–Crippen MR) is 63.5 cm³/mol. The van der Waals surface area contributed by atoms with Crippen LogP contribution in [0.1, 0.15) is 11.5 Å². The summed E-state index contributed by atoms with van der Waals surface area (Å²) in [6, 6.07) is 5.42. The van der Waals surface area contributed by atoms with Crippen LogP contribution in [0, 0.1) is 13.8 Å². The predicted octanol–water partition coefficient (Wildman–Crippen LogP) is 4.00. The molecule has 1 aromatic carbocycles. The molecule has 4 heteroatoms. The van der Waals surface area contributed by atoms with Gasteiger partial charge in [0.15, 0.2) is 0 Å². The van der Waals surface area contributed by atoms with E-state index in [-0.39, 0.29) is 0 Å². The van der Waals surface area contributed by atoms with Crippen molar-refractivity contribution in [2.45, 2.75) is 13.8 Å². The zero-order valence-electron chi connectivity index (χ0n) is 8.44. The van der Waals surface area contributed by atoms with E-state index in [0.717, 1.165) is 22.8 Å². The average Bonchev–Trinajstić information content (AvgIpc) is 2.45. The summed E-state index contributed by atoms with van der Waals surface area (Å²) in [4.78, 5) is 7.53. The van der Waals surface area contributed by atoms with Crippen molar-refractivity contribution in [1.29, 1.82) is 0 Å². The van der Waals surface area contributed by atoms with Gasteiger partial charge in [0, 0.05) is 16.3 Å². The minimum Gasteiger partial charge on any atom is -0.346 e. The molecule has 0 aliphatic carbocycles. The second-order valence-corrected chi connectivity index (χ2v) is 4.26. The molecule has 0 aliphatic heterocycles. The van der Waals surface area contributed by atoms with Gasteiger partial charge in [-0.1, -0.05) is 23.2 Å². The van der Waals surface area contributed by atoms with Crippen molar-refractivity contribution in [2.75, 3.05) is 0 Å². The zero-order chi connectivity index (χ0) is 11.0. The molecular weight excluding hydrogens is 231 g/mol. The first-order chi connectivity index (χ1) is 7.08. The Kier molecular flexibility index (Phi) is 2.72. The molecule has 2 rings (SSSR count). The number of hydrogen-bond donors (Lipinski definition) is 1. The van der Waals surface area contributed by atoms with Gasteiger partial charge in [0.2, 0.25) is 0 Å². The monoisotopic (exact) mass is 240 g/mol. The summed E-state index contributed by atoms with van der Waals surface area (Å²) in [5.41, 5.74) is 2.80. The molecule has 78 valence electrons. The largest absolute Gasteiger partial charge is 0.346 e. The van der Waals surface area contributed by atoms with Crippen LogP contribution in [0.5, 0.6) is 0 Å². The van der Waals surface area contributed by atoms with Gasteiger partial charge < -0.3 is 4.98 Å². The first-order valence-electron chi connectivity index (χ1n) is 4.56. The number of aromatic nitrogens is 2. The van der Waals surface area contributed by atoms with Crippen molar-refractivity contribution >= 4 is 23.2 Å². The van der Waals surface area contributed by atoms with Gasteiger partial charge in [-0.15, -0.1) is 0 Å². The van der Waals surface area contributed by atoms with Crippen LogP contribution in [-0.2, 0) is 0 Å². The van der Waals surface area contributed by atoms with Crippen LogP contribution in [0.25, 0.3) is 11.3 Å². The maximum absolute atomic E-state index is 6.11. The third-order valence-electron chi connectivity index (χ3n) is 2.19. The fourth-order valence-electron chi connectivity index (χ4n) is 1.55. The Labute approximate surface area is 98.3 Å². The maximum atomic E-state index is 6.11. The zero-order valence-corrected chi connectivity index (χ0v) is 9.95. The summed E-state index contributed by atoms with van der Waals surface area (Å²) in [6.07, 6.45) is 0. The van der Waals surface area contributed by atoms with Crippen molar-refractivity contribution < 1.29 is 0 Å². The molecule has 1 N–H and O–H groups in total. The van der Waals surface area contributed by atoms with Crippen LogP contribution in [0.15, 0.2) is 18.2 Å². The quantitative estimate of drug-likeness (QED) is 0.803. The number of hydrogen-bond acceptors (Lipinski definition) is 1. The SMILES string of the molecule is Cc1nc(-c2ccc(Cl)cc2Cl)c(C)[nH]1. The lowest BCUT2D eigenvalue weighted by molar-refractivity contribution is 1.13. The molecule has 0 unspecified atom stereocenters. The fraction of sp³-hybridized carbons (Fsp3) is 0.182. The molecule has 0 atom stereocenters. The van der Waals surface area contributed by atoms with E-state index < -0.39 is 0 Å². The van der Waals surface area contributed by atoms with Crippen molar-refractivity contribution in [3.05, 3.63) is 39.8 Å². The molecule has 2 nitrogen and oxygen atoms in total. The average molecular weight is 241 g/mol. The van der Waals surface area contributed by atoms with E-state index in [1.807, 2.05) is 26.0 Å².